The summed E-state index contributed by atoms with van der Waals surface area (Å²) in [6, 6.07) is 9.47. The molecule has 130 valence electrons. The maximum Gasteiger partial charge on any atom is 0.259 e. The first kappa shape index (κ1) is 17.1. The Hall–Kier alpha value is -2.73. The molecule has 1 aliphatic heterocycles. The highest BCUT2D eigenvalue weighted by atomic mass is 16.5. The predicted octanol–water partition coefficient (Wildman–Crippen LogP) is 2.05. The van der Waals surface area contributed by atoms with Crippen LogP contribution in [0, 0.1) is 0 Å². The molecule has 1 aliphatic rings. The first-order chi connectivity index (χ1) is 12.2. The molecule has 6 heteroatoms. The van der Waals surface area contributed by atoms with E-state index in [2.05, 4.69) is 10.3 Å². The summed E-state index contributed by atoms with van der Waals surface area (Å²) in [4.78, 5) is 30.8. The van der Waals surface area contributed by atoms with Gasteiger partial charge in [0.15, 0.2) is 0 Å². The minimum absolute atomic E-state index is 0.133. The highest BCUT2D eigenvalue weighted by Crippen LogP contribution is 2.28. The van der Waals surface area contributed by atoms with Crippen molar-refractivity contribution in [1.29, 1.82) is 0 Å². The molecule has 0 saturated heterocycles. The van der Waals surface area contributed by atoms with Crippen LogP contribution in [-0.2, 0) is 11.2 Å². The molecule has 0 bridgehead atoms. The number of rotatable bonds is 6. The topological polar surface area (TPSA) is 71.5 Å². The van der Waals surface area contributed by atoms with Crippen LogP contribution >= 0.6 is 0 Å². The Morgan fingerprint density at radius 2 is 2.04 bits per heavy atom. The Morgan fingerprint density at radius 1 is 1.24 bits per heavy atom. The maximum absolute atomic E-state index is 12.8. The van der Waals surface area contributed by atoms with Crippen molar-refractivity contribution in [3.63, 3.8) is 0 Å². The van der Waals surface area contributed by atoms with Gasteiger partial charge in [-0.25, -0.2) is 0 Å². The molecule has 0 aliphatic carbocycles. The summed E-state index contributed by atoms with van der Waals surface area (Å²) in [6.07, 6.45) is 4.55. The van der Waals surface area contributed by atoms with Gasteiger partial charge >= 0.3 is 0 Å². The van der Waals surface area contributed by atoms with Crippen molar-refractivity contribution in [2.45, 2.75) is 12.8 Å². The van der Waals surface area contributed by atoms with Crippen molar-refractivity contribution in [2.75, 3.05) is 31.7 Å². The molecular formula is C19H21N3O3. The number of para-hydroxylation sites is 1. The lowest BCUT2D eigenvalue weighted by Gasteiger charge is -2.17. The highest BCUT2D eigenvalue weighted by Gasteiger charge is 2.25. The molecule has 3 rings (SSSR count). The van der Waals surface area contributed by atoms with Crippen molar-refractivity contribution in [3.05, 3.63) is 59.4 Å². The molecule has 0 radical (unpaired) electrons. The summed E-state index contributed by atoms with van der Waals surface area (Å²) in [6.45, 7) is 1.75. The molecule has 2 amide bonds. The van der Waals surface area contributed by atoms with Gasteiger partial charge in [0.1, 0.15) is 0 Å². The van der Waals surface area contributed by atoms with E-state index in [1.807, 2.05) is 24.3 Å². The molecule has 25 heavy (non-hydrogen) atoms. The van der Waals surface area contributed by atoms with Gasteiger partial charge in [0, 0.05) is 44.9 Å². The molecule has 1 N–H and O–H groups in total. The number of benzene rings is 1. The van der Waals surface area contributed by atoms with Crippen LogP contribution in [0.5, 0.6) is 0 Å². The number of hydrogen-bond acceptors (Lipinski definition) is 4. The van der Waals surface area contributed by atoms with Gasteiger partial charge in [0.2, 0.25) is 0 Å². The first-order valence-corrected chi connectivity index (χ1v) is 8.32. The highest BCUT2D eigenvalue weighted by molar-refractivity contribution is 6.08. The Labute approximate surface area is 146 Å². The fourth-order valence-corrected chi connectivity index (χ4v) is 2.91. The molecule has 0 unspecified atom stereocenters. The molecular weight excluding hydrogens is 318 g/mol. The number of nitrogens with one attached hydrogen (secondary N) is 1. The number of pyridine rings is 1. The van der Waals surface area contributed by atoms with Crippen LogP contribution in [0.3, 0.4) is 0 Å². The van der Waals surface area contributed by atoms with Crippen LogP contribution in [0.4, 0.5) is 5.69 Å². The van der Waals surface area contributed by atoms with Crippen LogP contribution < -0.4 is 10.2 Å². The van der Waals surface area contributed by atoms with E-state index in [1.165, 1.54) is 12.4 Å². The molecule has 0 saturated carbocycles. The normalized spacial score (nSPS) is 12.8. The van der Waals surface area contributed by atoms with Gasteiger partial charge < -0.3 is 15.0 Å². The van der Waals surface area contributed by atoms with Crippen LogP contribution in [0.15, 0.2) is 42.7 Å². The average Bonchev–Trinajstić information content (AvgIpc) is 3.08. The summed E-state index contributed by atoms with van der Waals surface area (Å²) < 4.78 is 4.95. The average molecular weight is 339 g/mol. The van der Waals surface area contributed by atoms with Gasteiger partial charge in [-0.05, 0) is 30.5 Å². The molecule has 1 aromatic heterocycles. The number of nitrogens with zero attached hydrogens (tertiary/aromatic N) is 2. The lowest BCUT2D eigenvalue weighted by molar-refractivity contribution is 0.0948. The molecule has 0 atom stereocenters. The second-order valence-corrected chi connectivity index (χ2v) is 5.90. The minimum Gasteiger partial charge on any atom is -0.385 e. The standard InChI is InChI=1S/C19H21N3O3/c1-25-10-4-8-21-18(23)15-11-16(13-20-12-15)19(24)22-9-7-14-5-2-3-6-17(14)22/h2-3,5-6,11-13H,4,7-10H2,1H3,(H,21,23). The Bertz CT molecular complexity index is 776. The largest absolute Gasteiger partial charge is 0.385 e. The van der Waals surface area contributed by atoms with E-state index in [-0.39, 0.29) is 11.8 Å². The lowest BCUT2D eigenvalue weighted by atomic mass is 10.1. The third kappa shape index (κ3) is 3.85. The number of carbonyl (C=O) groups is 2. The Balaban J connectivity index is 1.71. The molecule has 2 heterocycles. The number of hydrogen-bond donors (Lipinski definition) is 1. The third-order valence-electron chi connectivity index (χ3n) is 4.19. The van der Waals surface area contributed by atoms with E-state index in [9.17, 15) is 9.59 Å². The lowest BCUT2D eigenvalue weighted by Crippen LogP contribution is -2.30. The van der Waals surface area contributed by atoms with Crippen molar-refractivity contribution in [2.24, 2.45) is 0 Å². The van der Waals surface area contributed by atoms with Gasteiger partial charge in [-0.15, -0.1) is 0 Å². The van der Waals surface area contributed by atoms with Crippen molar-refractivity contribution in [3.8, 4) is 0 Å². The summed E-state index contributed by atoms with van der Waals surface area (Å²) in [5, 5.41) is 2.80. The number of aromatic nitrogens is 1. The van der Waals surface area contributed by atoms with Gasteiger partial charge in [-0.1, -0.05) is 18.2 Å². The van der Waals surface area contributed by atoms with Gasteiger partial charge in [-0.2, -0.15) is 0 Å². The van der Waals surface area contributed by atoms with E-state index < -0.39 is 0 Å². The zero-order chi connectivity index (χ0) is 17.6. The fraction of sp³-hybridized carbons (Fsp3) is 0.316. The smallest absolute Gasteiger partial charge is 0.259 e. The number of fused-ring (bicyclic) bond motifs is 1. The summed E-state index contributed by atoms with van der Waals surface area (Å²) in [5.74, 6) is -0.369. The van der Waals surface area contributed by atoms with E-state index in [0.29, 0.717) is 30.8 Å². The van der Waals surface area contributed by atoms with Crippen LogP contribution in [0.2, 0.25) is 0 Å². The summed E-state index contributed by atoms with van der Waals surface area (Å²) >= 11 is 0. The predicted molar refractivity (Wildman–Crippen MR) is 94.9 cm³/mol. The fourth-order valence-electron chi connectivity index (χ4n) is 2.91. The SMILES string of the molecule is COCCCNC(=O)c1cncc(C(=O)N2CCc3ccccc32)c1. The number of anilines is 1. The summed E-state index contributed by atoms with van der Waals surface area (Å²) in [5.41, 5.74) is 2.90. The number of ether oxygens (including phenoxy) is 1. The van der Waals surface area contributed by atoms with Crippen molar-refractivity contribution < 1.29 is 14.3 Å². The number of amides is 2. The molecule has 2 aromatic rings. The monoisotopic (exact) mass is 339 g/mol. The molecule has 6 nitrogen and oxygen atoms in total. The van der Waals surface area contributed by atoms with E-state index >= 15 is 0 Å². The Kier molecular flexibility index (Phi) is 5.40. The molecule has 0 fully saturated rings. The van der Waals surface area contributed by atoms with E-state index in [4.69, 9.17) is 4.74 Å². The van der Waals surface area contributed by atoms with Crippen LogP contribution in [-0.4, -0.2) is 43.6 Å². The zero-order valence-corrected chi connectivity index (χ0v) is 14.2. The van der Waals surface area contributed by atoms with Gasteiger partial charge in [-0.3, -0.25) is 14.6 Å². The second kappa shape index (κ2) is 7.90. The molecule has 0 spiro atoms. The first-order valence-electron chi connectivity index (χ1n) is 8.32. The second-order valence-electron chi connectivity index (χ2n) is 5.90. The van der Waals surface area contributed by atoms with Crippen LogP contribution in [0.1, 0.15) is 32.7 Å². The van der Waals surface area contributed by atoms with E-state index in [0.717, 1.165) is 24.1 Å². The number of methoxy groups -OCH3 is 1. The minimum atomic E-state index is -0.236. The Morgan fingerprint density at radius 3 is 2.88 bits per heavy atom. The zero-order valence-electron chi connectivity index (χ0n) is 14.2. The third-order valence-corrected chi connectivity index (χ3v) is 4.19. The summed E-state index contributed by atoms with van der Waals surface area (Å²) in [7, 11) is 1.62. The van der Waals surface area contributed by atoms with Crippen LogP contribution in [0.25, 0.3) is 0 Å². The van der Waals surface area contributed by atoms with E-state index in [1.54, 1.807) is 18.1 Å². The molecule has 1 aromatic carbocycles. The maximum atomic E-state index is 12.8. The quantitative estimate of drug-likeness (QED) is 0.818. The van der Waals surface area contributed by atoms with Crippen molar-refractivity contribution >= 4 is 17.5 Å². The van der Waals surface area contributed by atoms with Gasteiger partial charge in [0.25, 0.3) is 11.8 Å². The van der Waals surface area contributed by atoms with Gasteiger partial charge in [0.05, 0.1) is 11.1 Å². The number of carbonyl (C=O) groups excluding carboxylic acids is 2. The van der Waals surface area contributed by atoms with Crippen molar-refractivity contribution in [1.82, 2.24) is 10.3 Å².